The summed E-state index contributed by atoms with van der Waals surface area (Å²) < 4.78 is 5.22. The highest BCUT2D eigenvalue weighted by atomic mass is 16.5. The Labute approximate surface area is 160 Å². The van der Waals surface area contributed by atoms with E-state index in [9.17, 15) is 9.59 Å². The average Bonchev–Trinajstić information content (AvgIpc) is 3.13. The van der Waals surface area contributed by atoms with Crippen molar-refractivity contribution in [3.05, 3.63) is 64.7 Å². The largest absolute Gasteiger partial charge is 0.452 e. The van der Waals surface area contributed by atoms with Crippen molar-refractivity contribution in [3.8, 4) is 0 Å². The second-order valence-corrected chi connectivity index (χ2v) is 7.22. The third-order valence-electron chi connectivity index (χ3n) is 4.96. The molecule has 0 radical (unpaired) electrons. The van der Waals surface area contributed by atoms with Gasteiger partial charge in [0.2, 0.25) is 0 Å². The van der Waals surface area contributed by atoms with Crippen LogP contribution >= 0.6 is 0 Å². The lowest BCUT2D eigenvalue weighted by molar-refractivity contribution is -0.133. The first kappa shape index (κ1) is 19.0. The maximum Gasteiger partial charge on any atom is 0.338 e. The van der Waals surface area contributed by atoms with Gasteiger partial charge in [-0.05, 0) is 60.2 Å². The van der Waals surface area contributed by atoms with Gasteiger partial charge >= 0.3 is 5.97 Å². The molecule has 0 saturated heterocycles. The number of carbonyl (C=O) groups is 2. The first-order valence-electron chi connectivity index (χ1n) is 9.23. The zero-order valence-electron chi connectivity index (χ0n) is 16.2. The molecule has 142 valence electrons. The van der Waals surface area contributed by atoms with E-state index in [0.717, 1.165) is 30.5 Å². The molecule has 0 spiro atoms. The molecule has 0 fully saturated rings. The van der Waals surface area contributed by atoms with Crippen LogP contribution in [0, 0.1) is 0 Å². The number of carbonyl (C=O) groups excluding carboxylic acids is 2. The number of anilines is 1. The van der Waals surface area contributed by atoms with Crippen LogP contribution in [0.4, 0.5) is 5.69 Å². The summed E-state index contributed by atoms with van der Waals surface area (Å²) in [6.45, 7) is 0.227. The minimum Gasteiger partial charge on any atom is -0.452 e. The molecule has 0 N–H and O–H groups in total. The van der Waals surface area contributed by atoms with Crippen LogP contribution in [-0.4, -0.2) is 44.5 Å². The zero-order chi connectivity index (χ0) is 19.4. The average molecular weight is 366 g/mol. The van der Waals surface area contributed by atoms with Crippen molar-refractivity contribution in [2.75, 3.05) is 32.6 Å². The lowest BCUT2D eigenvalue weighted by Gasteiger charge is -2.18. The van der Waals surface area contributed by atoms with Crippen LogP contribution in [0.3, 0.4) is 0 Å². The lowest BCUT2D eigenvalue weighted by Crippen LogP contribution is -2.30. The van der Waals surface area contributed by atoms with Gasteiger partial charge in [0.1, 0.15) is 0 Å². The molecular formula is C22H26N2O3. The van der Waals surface area contributed by atoms with E-state index in [1.807, 2.05) is 55.4 Å². The Balaban J connectivity index is 1.51. The molecule has 1 amide bonds. The number of fused-ring (bicyclic) bond motifs is 1. The van der Waals surface area contributed by atoms with Gasteiger partial charge in [-0.3, -0.25) is 4.79 Å². The molecule has 27 heavy (non-hydrogen) atoms. The molecule has 0 aliphatic heterocycles. The first-order chi connectivity index (χ1) is 12.9. The highest BCUT2D eigenvalue weighted by Gasteiger charge is 2.17. The number of ether oxygens (including phenoxy) is 1. The molecular weight excluding hydrogens is 340 g/mol. The van der Waals surface area contributed by atoms with E-state index >= 15 is 0 Å². The fraction of sp³-hybridized carbons (Fsp3) is 0.364. The van der Waals surface area contributed by atoms with Crippen LogP contribution in [0.15, 0.2) is 42.5 Å². The Morgan fingerprint density at radius 3 is 2.37 bits per heavy atom. The molecule has 1 aliphatic carbocycles. The SMILES string of the molecule is CN(Cc1ccc(N(C)C)cc1)C(=O)COC(=O)c1ccc2c(c1)CCC2. The normalized spacial score (nSPS) is 12.4. The second-order valence-electron chi connectivity index (χ2n) is 7.22. The topological polar surface area (TPSA) is 49.9 Å². The van der Waals surface area contributed by atoms with Crippen LogP contribution in [-0.2, 0) is 28.9 Å². The number of likely N-dealkylation sites (N-methyl/N-ethyl adjacent to an activating group) is 1. The molecule has 0 unspecified atom stereocenters. The third kappa shape index (κ3) is 4.67. The number of hydrogen-bond donors (Lipinski definition) is 0. The predicted molar refractivity (Wildman–Crippen MR) is 106 cm³/mol. The summed E-state index contributed by atoms with van der Waals surface area (Å²) in [5.74, 6) is -0.664. The quantitative estimate of drug-likeness (QED) is 0.738. The van der Waals surface area contributed by atoms with E-state index < -0.39 is 5.97 Å². The summed E-state index contributed by atoms with van der Waals surface area (Å²) in [6, 6.07) is 13.7. The summed E-state index contributed by atoms with van der Waals surface area (Å²) in [4.78, 5) is 28.1. The second kappa shape index (κ2) is 8.25. The van der Waals surface area contributed by atoms with E-state index in [2.05, 4.69) is 0 Å². The summed E-state index contributed by atoms with van der Waals surface area (Å²) in [7, 11) is 5.69. The van der Waals surface area contributed by atoms with Crippen LogP contribution in [0.25, 0.3) is 0 Å². The Hall–Kier alpha value is -2.82. The fourth-order valence-corrected chi connectivity index (χ4v) is 3.28. The Morgan fingerprint density at radius 2 is 1.67 bits per heavy atom. The van der Waals surface area contributed by atoms with Gasteiger partial charge in [0, 0.05) is 33.4 Å². The van der Waals surface area contributed by atoms with Crippen LogP contribution < -0.4 is 4.90 Å². The van der Waals surface area contributed by atoms with Gasteiger partial charge < -0.3 is 14.5 Å². The smallest absolute Gasteiger partial charge is 0.338 e. The van der Waals surface area contributed by atoms with Gasteiger partial charge in [0.25, 0.3) is 5.91 Å². The molecule has 0 heterocycles. The molecule has 5 nitrogen and oxygen atoms in total. The van der Waals surface area contributed by atoms with E-state index in [0.29, 0.717) is 12.1 Å². The van der Waals surface area contributed by atoms with Gasteiger partial charge in [0.15, 0.2) is 6.61 Å². The number of hydrogen-bond acceptors (Lipinski definition) is 4. The van der Waals surface area contributed by atoms with Gasteiger partial charge in [0.05, 0.1) is 5.56 Å². The van der Waals surface area contributed by atoms with Gasteiger partial charge in [-0.2, -0.15) is 0 Å². The highest BCUT2D eigenvalue weighted by molar-refractivity contribution is 5.91. The van der Waals surface area contributed by atoms with Crippen molar-refractivity contribution in [2.45, 2.75) is 25.8 Å². The maximum atomic E-state index is 12.3. The number of benzene rings is 2. The Kier molecular flexibility index (Phi) is 5.79. The summed E-state index contributed by atoms with van der Waals surface area (Å²) >= 11 is 0. The molecule has 1 aliphatic rings. The standard InChI is InChI=1S/C22H26N2O3/c1-23(2)20-11-7-16(8-12-20)14-24(3)21(25)15-27-22(26)19-10-9-17-5-4-6-18(17)13-19/h7-13H,4-6,14-15H2,1-3H3. The van der Waals surface area contributed by atoms with E-state index in [4.69, 9.17) is 4.74 Å². The van der Waals surface area contributed by atoms with E-state index in [-0.39, 0.29) is 12.5 Å². The molecule has 2 aromatic carbocycles. The molecule has 0 aromatic heterocycles. The van der Waals surface area contributed by atoms with Crippen molar-refractivity contribution in [2.24, 2.45) is 0 Å². The third-order valence-corrected chi connectivity index (χ3v) is 4.96. The first-order valence-corrected chi connectivity index (χ1v) is 9.23. The fourth-order valence-electron chi connectivity index (χ4n) is 3.28. The molecule has 5 heteroatoms. The Bertz CT molecular complexity index is 828. The van der Waals surface area contributed by atoms with E-state index in [1.54, 1.807) is 18.0 Å². The number of aryl methyl sites for hydroxylation is 2. The number of rotatable bonds is 6. The van der Waals surface area contributed by atoms with Crippen molar-refractivity contribution >= 4 is 17.6 Å². The monoisotopic (exact) mass is 366 g/mol. The van der Waals surface area contributed by atoms with E-state index in [1.165, 1.54) is 11.1 Å². The molecule has 0 bridgehead atoms. The highest BCUT2D eigenvalue weighted by Crippen LogP contribution is 2.23. The molecule has 3 rings (SSSR count). The number of esters is 1. The van der Waals surface area contributed by atoms with Crippen LogP contribution in [0.5, 0.6) is 0 Å². The minimum atomic E-state index is -0.443. The van der Waals surface area contributed by atoms with Crippen LogP contribution in [0.2, 0.25) is 0 Å². The molecule has 2 aromatic rings. The Morgan fingerprint density at radius 1 is 0.963 bits per heavy atom. The maximum absolute atomic E-state index is 12.3. The molecule has 0 saturated carbocycles. The zero-order valence-corrected chi connectivity index (χ0v) is 16.2. The predicted octanol–water partition coefficient (Wildman–Crippen LogP) is 3.06. The lowest BCUT2D eigenvalue weighted by atomic mass is 10.1. The van der Waals surface area contributed by atoms with Gasteiger partial charge in [-0.25, -0.2) is 4.79 Å². The molecule has 0 atom stereocenters. The summed E-state index contributed by atoms with van der Waals surface area (Å²) in [6.07, 6.45) is 3.21. The van der Waals surface area contributed by atoms with Crippen molar-refractivity contribution < 1.29 is 14.3 Å². The number of nitrogens with zero attached hydrogens (tertiary/aromatic N) is 2. The number of amides is 1. The van der Waals surface area contributed by atoms with Crippen molar-refractivity contribution in [1.29, 1.82) is 0 Å². The van der Waals surface area contributed by atoms with Crippen molar-refractivity contribution in [3.63, 3.8) is 0 Å². The van der Waals surface area contributed by atoms with Gasteiger partial charge in [-0.1, -0.05) is 18.2 Å². The van der Waals surface area contributed by atoms with Gasteiger partial charge in [-0.15, -0.1) is 0 Å². The minimum absolute atomic E-state index is 0.221. The van der Waals surface area contributed by atoms with Crippen LogP contribution in [0.1, 0.15) is 33.5 Å². The van der Waals surface area contributed by atoms with Crippen molar-refractivity contribution in [1.82, 2.24) is 4.90 Å². The summed E-state index contributed by atoms with van der Waals surface area (Å²) in [5.41, 5.74) is 5.18. The summed E-state index contributed by atoms with van der Waals surface area (Å²) in [5, 5.41) is 0.